The third kappa shape index (κ3) is 2.50. The highest BCUT2D eigenvalue weighted by atomic mass is 35.5. The lowest BCUT2D eigenvalue weighted by atomic mass is 9.91. The fourth-order valence-electron chi connectivity index (χ4n) is 3.04. The number of ether oxygens (including phenoxy) is 1. The summed E-state index contributed by atoms with van der Waals surface area (Å²) < 4.78 is 20.2. The van der Waals surface area contributed by atoms with E-state index in [1.165, 1.54) is 18.2 Å². The molecule has 122 valence electrons. The molecule has 0 amide bonds. The number of halogens is 2. The number of pyridine rings is 1. The van der Waals surface area contributed by atoms with Crippen LogP contribution in [0.1, 0.15) is 25.7 Å². The summed E-state index contributed by atoms with van der Waals surface area (Å²) in [5.41, 5.74) is 0.195. The van der Waals surface area contributed by atoms with Crippen LogP contribution in [0.5, 0.6) is 5.88 Å². The van der Waals surface area contributed by atoms with Gasteiger partial charge >= 0.3 is 0 Å². The van der Waals surface area contributed by atoms with Crippen LogP contribution in [0.4, 0.5) is 10.2 Å². The predicted molar refractivity (Wildman–Crippen MR) is 89.2 cm³/mol. The molecule has 0 spiro atoms. The quantitative estimate of drug-likeness (QED) is 0.466. The minimum absolute atomic E-state index is 0.195. The Kier molecular flexibility index (Phi) is 3.93. The lowest BCUT2D eigenvalue weighted by Crippen LogP contribution is -2.42. The first-order valence-corrected chi connectivity index (χ1v) is 9.29. The average molecular weight is 355 g/mol. The summed E-state index contributed by atoms with van der Waals surface area (Å²) in [5.74, 6) is 0.446. The van der Waals surface area contributed by atoms with E-state index in [1.807, 2.05) is 6.26 Å². The largest absolute Gasteiger partial charge is 0.477 e. The van der Waals surface area contributed by atoms with Crippen molar-refractivity contribution in [1.29, 1.82) is 0 Å². The van der Waals surface area contributed by atoms with Crippen molar-refractivity contribution >= 4 is 40.1 Å². The zero-order valence-corrected chi connectivity index (χ0v) is 14.3. The SMILES string of the molecule is CSc1nc2c3c(nc(Cl)c(F)c3n1)OCCCN2C1CCC1. The minimum Gasteiger partial charge on any atom is -0.477 e. The molecule has 1 saturated carbocycles. The minimum atomic E-state index is -0.609. The molecule has 1 fully saturated rings. The number of nitrogens with zero attached hydrogens (tertiary/aromatic N) is 4. The summed E-state index contributed by atoms with van der Waals surface area (Å²) in [4.78, 5) is 15.3. The van der Waals surface area contributed by atoms with E-state index in [2.05, 4.69) is 19.9 Å². The van der Waals surface area contributed by atoms with E-state index in [1.54, 1.807) is 0 Å². The molecule has 1 aliphatic carbocycles. The maximum atomic E-state index is 14.5. The second kappa shape index (κ2) is 5.94. The standard InChI is InChI=1S/C15H16ClFN4OS/c1-23-15-18-11-9-13(20-15)21(8-4-2-5-8)6-3-7-22-14(9)19-12(16)10(11)17/h8H,2-7H2,1H3. The number of hydrogen-bond acceptors (Lipinski definition) is 6. The Hall–Kier alpha value is -1.34. The Bertz CT molecular complexity index is 771. The Morgan fingerprint density at radius 2 is 2.09 bits per heavy atom. The second-order valence-corrected chi connectivity index (χ2v) is 6.89. The monoisotopic (exact) mass is 354 g/mol. The number of thioether (sulfide) groups is 1. The smallest absolute Gasteiger partial charge is 0.228 e. The highest BCUT2D eigenvalue weighted by Crippen LogP contribution is 2.40. The van der Waals surface area contributed by atoms with E-state index in [-0.39, 0.29) is 10.7 Å². The van der Waals surface area contributed by atoms with Crippen LogP contribution in [0.2, 0.25) is 5.15 Å². The van der Waals surface area contributed by atoms with Gasteiger partial charge in [-0.2, -0.15) is 4.98 Å². The first kappa shape index (κ1) is 15.2. The van der Waals surface area contributed by atoms with Crippen molar-refractivity contribution in [3.63, 3.8) is 0 Å². The number of rotatable bonds is 2. The molecule has 0 atom stereocenters. The maximum absolute atomic E-state index is 14.5. The third-order valence-electron chi connectivity index (χ3n) is 4.42. The van der Waals surface area contributed by atoms with Gasteiger partial charge in [0, 0.05) is 12.6 Å². The average Bonchev–Trinajstić information content (AvgIpc) is 2.50. The van der Waals surface area contributed by atoms with Crippen LogP contribution in [-0.4, -0.2) is 40.4 Å². The number of aromatic nitrogens is 3. The summed E-state index contributed by atoms with van der Waals surface area (Å²) in [7, 11) is 0. The molecule has 0 unspecified atom stereocenters. The van der Waals surface area contributed by atoms with Crippen molar-refractivity contribution in [1.82, 2.24) is 15.0 Å². The van der Waals surface area contributed by atoms with Gasteiger partial charge in [-0.25, -0.2) is 14.4 Å². The Labute approximate surface area is 142 Å². The fourth-order valence-corrected chi connectivity index (χ4v) is 3.57. The lowest BCUT2D eigenvalue weighted by molar-refractivity contribution is 0.291. The lowest BCUT2D eigenvalue weighted by Gasteiger charge is -2.39. The van der Waals surface area contributed by atoms with Gasteiger partial charge in [0.05, 0.1) is 6.61 Å². The molecule has 0 bridgehead atoms. The molecule has 0 radical (unpaired) electrons. The third-order valence-corrected chi connectivity index (χ3v) is 5.22. The molecule has 3 heterocycles. The van der Waals surface area contributed by atoms with Crippen LogP contribution < -0.4 is 9.64 Å². The van der Waals surface area contributed by atoms with Gasteiger partial charge in [-0.1, -0.05) is 23.4 Å². The van der Waals surface area contributed by atoms with E-state index in [4.69, 9.17) is 16.3 Å². The molecule has 0 saturated heterocycles. The second-order valence-electron chi connectivity index (χ2n) is 5.76. The van der Waals surface area contributed by atoms with Gasteiger partial charge < -0.3 is 9.64 Å². The molecule has 23 heavy (non-hydrogen) atoms. The van der Waals surface area contributed by atoms with E-state index < -0.39 is 5.82 Å². The Morgan fingerprint density at radius 1 is 1.26 bits per heavy atom. The van der Waals surface area contributed by atoms with Crippen LogP contribution >= 0.6 is 23.4 Å². The van der Waals surface area contributed by atoms with Gasteiger partial charge in [0.15, 0.2) is 16.1 Å². The van der Waals surface area contributed by atoms with Gasteiger partial charge in [-0.3, -0.25) is 0 Å². The van der Waals surface area contributed by atoms with Crippen molar-refractivity contribution in [3.8, 4) is 5.88 Å². The topological polar surface area (TPSA) is 51.1 Å². The molecule has 8 heteroatoms. The van der Waals surface area contributed by atoms with Gasteiger partial charge in [0.1, 0.15) is 16.7 Å². The van der Waals surface area contributed by atoms with Crippen LogP contribution in [-0.2, 0) is 0 Å². The molecule has 0 aromatic carbocycles. The van der Waals surface area contributed by atoms with Crippen LogP contribution in [0.15, 0.2) is 5.16 Å². The van der Waals surface area contributed by atoms with Crippen LogP contribution in [0, 0.1) is 5.82 Å². The first-order chi connectivity index (χ1) is 11.2. The van der Waals surface area contributed by atoms with Crippen molar-refractivity contribution < 1.29 is 9.13 Å². The molecule has 2 aliphatic rings. The zero-order valence-electron chi connectivity index (χ0n) is 12.7. The maximum Gasteiger partial charge on any atom is 0.228 e. The number of hydrogen-bond donors (Lipinski definition) is 0. The molecule has 2 aromatic rings. The Morgan fingerprint density at radius 3 is 2.78 bits per heavy atom. The van der Waals surface area contributed by atoms with Crippen molar-refractivity contribution in [2.75, 3.05) is 24.3 Å². The Balaban J connectivity index is 2.02. The fraction of sp³-hybridized carbons (Fsp3) is 0.533. The van der Waals surface area contributed by atoms with Crippen molar-refractivity contribution in [2.45, 2.75) is 36.9 Å². The highest BCUT2D eigenvalue weighted by Gasteiger charge is 2.31. The normalized spacial score (nSPS) is 18.3. The van der Waals surface area contributed by atoms with E-state index in [0.717, 1.165) is 31.6 Å². The van der Waals surface area contributed by atoms with Crippen LogP contribution in [0.3, 0.4) is 0 Å². The summed E-state index contributed by atoms with van der Waals surface area (Å²) in [6.07, 6.45) is 6.25. The molecule has 2 aromatic heterocycles. The van der Waals surface area contributed by atoms with Gasteiger partial charge in [-0.15, -0.1) is 0 Å². The molecule has 5 nitrogen and oxygen atoms in total. The van der Waals surface area contributed by atoms with Crippen molar-refractivity contribution in [2.24, 2.45) is 0 Å². The predicted octanol–water partition coefficient (Wildman–Crippen LogP) is 3.68. The molecule has 1 aliphatic heterocycles. The first-order valence-electron chi connectivity index (χ1n) is 7.69. The number of anilines is 1. The van der Waals surface area contributed by atoms with Crippen molar-refractivity contribution in [3.05, 3.63) is 11.0 Å². The molecule has 4 rings (SSSR count). The van der Waals surface area contributed by atoms with Crippen LogP contribution in [0.25, 0.3) is 10.9 Å². The van der Waals surface area contributed by atoms with E-state index >= 15 is 0 Å². The summed E-state index contributed by atoms with van der Waals surface area (Å²) >= 11 is 7.32. The molecular weight excluding hydrogens is 339 g/mol. The molecule has 0 N–H and O–H groups in total. The van der Waals surface area contributed by atoms with Gasteiger partial charge in [-0.05, 0) is 31.9 Å². The van der Waals surface area contributed by atoms with E-state index in [0.29, 0.717) is 29.1 Å². The summed E-state index contributed by atoms with van der Waals surface area (Å²) in [5, 5.41) is 0.862. The highest BCUT2D eigenvalue weighted by molar-refractivity contribution is 7.98. The zero-order chi connectivity index (χ0) is 16.0. The van der Waals surface area contributed by atoms with Gasteiger partial charge in [0.2, 0.25) is 5.88 Å². The van der Waals surface area contributed by atoms with Gasteiger partial charge in [0.25, 0.3) is 0 Å². The summed E-state index contributed by atoms with van der Waals surface area (Å²) in [6, 6.07) is 0.451. The molecular formula is C15H16ClFN4OS. The summed E-state index contributed by atoms with van der Waals surface area (Å²) in [6.45, 7) is 1.37. The van der Waals surface area contributed by atoms with E-state index in [9.17, 15) is 4.39 Å².